The second kappa shape index (κ2) is 10.6. The van der Waals surface area contributed by atoms with E-state index in [0.29, 0.717) is 6.61 Å². The molecule has 1 rings (SSSR count). The quantitative estimate of drug-likeness (QED) is 0.620. The standard InChI is InChI=1S/C18H22O2.C2H6/c1-6-10-16-14(8-3)15(9-4)17(11-7-2)18(16)12-20-13(5)19;1-2/h6-11,18H,3-4,12H2,1-2,5H3;1-2H3/b10-6-,11-7-;. The molecular formula is C20H28O2. The van der Waals surface area contributed by atoms with Crippen molar-refractivity contribution in [3.63, 3.8) is 0 Å². The molecule has 0 N–H and O–H groups in total. The van der Waals surface area contributed by atoms with Gasteiger partial charge in [0.15, 0.2) is 0 Å². The van der Waals surface area contributed by atoms with E-state index in [1.165, 1.54) is 6.92 Å². The van der Waals surface area contributed by atoms with Gasteiger partial charge in [0.05, 0.1) is 0 Å². The molecule has 0 aromatic rings. The van der Waals surface area contributed by atoms with E-state index < -0.39 is 0 Å². The van der Waals surface area contributed by atoms with Crippen molar-refractivity contribution in [1.29, 1.82) is 0 Å². The van der Waals surface area contributed by atoms with E-state index in [9.17, 15) is 4.79 Å². The van der Waals surface area contributed by atoms with Gasteiger partial charge in [-0.3, -0.25) is 4.79 Å². The van der Waals surface area contributed by atoms with Gasteiger partial charge >= 0.3 is 5.97 Å². The fourth-order valence-corrected chi connectivity index (χ4v) is 2.46. The minimum Gasteiger partial charge on any atom is -0.465 e. The zero-order valence-corrected chi connectivity index (χ0v) is 14.5. The van der Waals surface area contributed by atoms with Gasteiger partial charge in [0, 0.05) is 12.8 Å². The predicted octanol–water partition coefficient (Wildman–Crippen LogP) is 5.32. The average Bonchev–Trinajstić information content (AvgIpc) is 2.80. The van der Waals surface area contributed by atoms with Crippen LogP contribution in [0.15, 0.2) is 71.9 Å². The van der Waals surface area contributed by atoms with Crippen molar-refractivity contribution >= 4 is 5.97 Å². The van der Waals surface area contributed by atoms with Crippen LogP contribution in [0, 0.1) is 5.92 Å². The Balaban J connectivity index is 0.00000211. The lowest BCUT2D eigenvalue weighted by Gasteiger charge is -2.15. The van der Waals surface area contributed by atoms with Gasteiger partial charge in [-0.05, 0) is 36.1 Å². The molecule has 22 heavy (non-hydrogen) atoms. The molecule has 0 saturated carbocycles. The number of carbonyl (C=O) groups excluding carboxylic acids is 1. The fourth-order valence-electron chi connectivity index (χ4n) is 2.46. The molecule has 0 aromatic heterocycles. The molecule has 0 aromatic carbocycles. The molecule has 0 aliphatic heterocycles. The van der Waals surface area contributed by atoms with Gasteiger partial charge < -0.3 is 4.74 Å². The molecule has 0 spiro atoms. The third-order valence-corrected chi connectivity index (χ3v) is 3.22. The van der Waals surface area contributed by atoms with Gasteiger partial charge in [0.2, 0.25) is 0 Å². The molecule has 2 heteroatoms. The van der Waals surface area contributed by atoms with Crippen LogP contribution in [0.25, 0.3) is 0 Å². The van der Waals surface area contributed by atoms with Gasteiger partial charge in [-0.25, -0.2) is 0 Å². The van der Waals surface area contributed by atoms with Gasteiger partial charge in [0.1, 0.15) is 6.61 Å². The third-order valence-electron chi connectivity index (χ3n) is 3.22. The van der Waals surface area contributed by atoms with Crippen LogP contribution in [-0.2, 0) is 9.53 Å². The number of esters is 1. The third kappa shape index (κ3) is 4.73. The van der Waals surface area contributed by atoms with Crippen molar-refractivity contribution in [2.75, 3.05) is 6.61 Å². The zero-order chi connectivity index (χ0) is 17.1. The summed E-state index contributed by atoms with van der Waals surface area (Å²) >= 11 is 0. The molecule has 0 unspecified atom stereocenters. The van der Waals surface area contributed by atoms with E-state index in [0.717, 1.165) is 22.3 Å². The molecule has 1 aliphatic rings. The van der Waals surface area contributed by atoms with Crippen molar-refractivity contribution in [2.45, 2.75) is 34.6 Å². The maximum atomic E-state index is 11.1. The van der Waals surface area contributed by atoms with E-state index in [4.69, 9.17) is 4.74 Å². The summed E-state index contributed by atoms with van der Waals surface area (Å²) in [5, 5.41) is 0. The minimum absolute atomic E-state index is 0.0345. The Kier molecular flexibility index (Phi) is 9.60. The molecule has 0 saturated heterocycles. The molecular weight excluding hydrogens is 272 g/mol. The SMILES string of the molecule is C=CC1=C(/C=C\C)C(COC(C)=O)C(/C=C\C)=C1C=C.CC. The lowest BCUT2D eigenvalue weighted by molar-refractivity contribution is -0.141. The molecule has 0 radical (unpaired) electrons. The number of ether oxygens (including phenoxy) is 1. The normalized spacial score (nSPS) is 15.3. The highest BCUT2D eigenvalue weighted by Gasteiger charge is 2.29. The van der Waals surface area contributed by atoms with E-state index in [2.05, 4.69) is 13.2 Å². The summed E-state index contributed by atoms with van der Waals surface area (Å²) in [6.07, 6.45) is 11.7. The number of allylic oxidation sites excluding steroid dienone is 8. The van der Waals surface area contributed by atoms with Crippen LogP contribution in [0.1, 0.15) is 34.6 Å². The van der Waals surface area contributed by atoms with Crippen LogP contribution in [0.3, 0.4) is 0 Å². The van der Waals surface area contributed by atoms with Crippen molar-refractivity contribution in [3.8, 4) is 0 Å². The van der Waals surface area contributed by atoms with Gasteiger partial charge in [-0.2, -0.15) is 0 Å². The molecule has 120 valence electrons. The van der Waals surface area contributed by atoms with Gasteiger partial charge in [0.25, 0.3) is 0 Å². The Morgan fingerprint density at radius 2 is 1.45 bits per heavy atom. The number of carbonyl (C=O) groups is 1. The first-order chi connectivity index (χ1) is 10.6. The first-order valence-electron chi connectivity index (χ1n) is 7.73. The maximum Gasteiger partial charge on any atom is 0.302 e. The topological polar surface area (TPSA) is 26.3 Å². The van der Waals surface area contributed by atoms with Crippen molar-refractivity contribution in [1.82, 2.24) is 0 Å². The summed E-state index contributed by atoms with van der Waals surface area (Å²) in [6.45, 7) is 17.5. The highest BCUT2D eigenvalue weighted by atomic mass is 16.5. The summed E-state index contributed by atoms with van der Waals surface area (Å²) in [7, 11) is 0. The second-order valence-corrected chi connectivity index (χ2v) is 4.50. The monoisotopic (exact) mass is 300 g/mol. The van der Waals surface area contributed by atoms with Crippen LogP contribution in [0.4, 0.5) is 0 Å². The lowest BCUT2D eigenvalue weighted by Crippen LogP contribution is -2.14. The lowest BCUT2D eigenvalue weighted by atomic mass is 9.94. The van der Waals surface area contributed by atoms with E-state index in [-0.39, 0.29) is 11.9 Å². The molecule has 0 bridgehead atoms. The Hall–Kier alpha value is -2.09. The summed E-state index contributed by atoms with van der Waals surface area (Å²) in [4.78, 5) is 11.1. The van der Waals surface area contributed by atoms with Crippen molar-refractivity contribution in [3.05, 3.63) is 71.9 Å². The minimum atomic E-state index is -0.267. The highest BCUT2D eigenvalue weighted by Crippen LogP contribution is 2.40. The van der Waals surface area contributed by atoms with Crippen LogP contribution >= 0.6 is 0 Å². The average molecular weight is 300 g/mol. The molecule has 0 amide bonds. The summed E-state index contributed by atoms with van der Waals surface area (Å²) in [5.74, 6) is -0.232. The molecule has 2 nitrogen and oxygen atoms in total. The second-order valence-electron chi connectivity index (χ2n) is 4.50. The molecule has 0 atom stereocenters. The predicted molar refractivity (Wildman–Crippen MR) is 95.5 cm³/mol. The first-order valence-corrected chi connectivity index (χ1v) is 7.73. The molecule has 1 aliphatic carbocycles. The first kappa shape index (κ1) is 19.9. The van der Waals surface area contributed by atoms with Crippen molar-refractivity contribution in [2.24, 2.45) is 5.92 Å². The van der Waals surface area contributed by atoms with Crippen molar-refractivity contribution < 1.29 is 9.53 Å². The van der Waals surface area contributed by atoms with E-state index >= 15 is 0 Å². The van der Waals surface area contributed by atoms with E-state index in [1.54, 1.807) is 0 Å². The number of rotatable bonds is 6. The van der Waals surface area contributed by atoms with Crippen LogP contribution in [0.2, 0.25) is 0 Å². The van der Waals surface area contributed by atoms with Crippen LogP contribution in [-0.4, -0.2) is 12.6 Å². The summed E-state index contributed by atoms with van der Waals surface area (Å²) in [6, 6.07) is 0. The Bertz CT molecular complexity index is 488. The van der Waals surface area contributed by atoms with Gasteiger partial charge in [-0.15, -0.1) is 0 Å². The Morgan fingerprint density at radius 1 is 1.05 bits per heavy atom. The van der Waals surface area contributed by atoms with Crippen LogP contribution in [0.5, 0.6) is 0 Å². The van der Waals surface area contributed by atoms with Gasteiger partial charge in [-0.1, -0.05) is 63.5 Å². The largest absolute Gasteiger partial charge is 0.465 e. The van der Waals surface area contributed by atoms with Crippen LogP contribution < -0.4 is 0 Å². The Morgan fingerprint density at radius 3 is 1.73 bits per heavy atom. The number of hydrogen-bond acceptors (Lipinski definition) is 2. The summed E-state index contributed by atoms with van der Waals surface area (Å²) in [5.41, 5.74) is 4.35. The maximum absolute atomic E-state index is 11.1. The summed E-state index contributed by atoms with van der Waals surface area (Å²) < 4.78 is 5.22. The van der Waals surface area contributed by atoms with E-state index in [1.807, 2.05) is 64.2 Å². The highest BCUT2D eigenvalue weighted by molar-refractivity contribution is 5.67. The number of hydrogen-bond donors (Lipinski definition) is 0. The fraction of sp³-hybridized carbons (Fsp3) is 0.350. The smallest absolute Gasteiger partial charge is 0.302 e. The zero-order valence-electron chi connectivity index (χ0n) is 14.5. The molecule has 0 fully saturated rings. The molecule has 0 heterocycles. The Labute approximate surface area is 135 Å².